The zero-order chi connectivity index (χ0) is 19.7. The first-order valence-corrected chi connectivity index (χ1v) is 10.4. The Bertz CT molecular complexity index is 891. The van der Waals surface area contributed by atoms with Gasteiger partial charge in [-0.2, -0.15) is 0 Å². The third-order valence-electron chi connectivity index (χ3n) is 5.86. The van der Waals surface area contributed by atoms with Gasteiger partial charge in [0.15, 0.2) is 0 Å². The maximum Gasteiger partial charge on any atom is 0.322 e. The van der Waals surface area contributed by atoms with Crippen LogP contribution in [0.2, 0.25) is 0 Å². The molecule has 0 bridgehead atoms. The number of carbonyl (C=O) groups excluding carboxylic acids is 2. The summed E-state index contributed by atoms with van der Waals surface area (Å²) in [5.74, 6) is -0.714. The first kappa shape index (κ1) is 19.1. The molecular weight excluding hydrogens is 377 g/mol. The van der Waals surface area contributed by atoms with E-state index in [1.807, 2.05) is 0 Å². The molecule has 4 rings (SSSR count). The maximum absolute atomic E-state index is 14.3. The van der Waals surface area contributed by atoms with Crippen molar-refractivity contribution in [3.05, 3.63) is 57.5 Å². The third-order valence-corrected chi connectivity index (χ3v) is 6.84. The second-order valence-corrected chi connectivity index (χ2v) is 9.08. The number of aryl methyl sites for hydroxylation is 1. The maximum atomic E-state index is 14.3. The Morgan fingerprint density at radius 2 is 1.93 bits per heavy atom. The topological polar surface area (TPSA) is 61.4 Å². The van der Waals surface area contributed by atoms with Crippen molar-refractivity contribution in [3.63, 3.8) is 0 Å². The van der Waals surface area contributed by atoms with Crippen LogP contribution in [0.4, 0.5) is 9.18 Å². The molecular formula is C21H24FN3O2S. The summed E-state index contributed by atoms with van der Waals surface area (Å²) in [5.41, 5.74) is -0.624. The summed E-state index contributed by atoms with van der Waals surface area (Å²) < 4.78 is 14.3. The van der Waals surface area contributed by atoms with E-state index in [4.69, 9.17) is 0 Å². The van der Waals surface area contributed by atoms with Crippen molar-refractivity contribution in [3.8, 4) is 0 Å². The van der Waals surface area contributed by atoms with E-state index in [0.29, 0.717) is 5.56 Å². The van der Waals surface area contributed by atoms with E-state index in [1.54, 1.807) is 29.5 Å². The van der Waals surface area contributed by atoms with Crippen LogP contribution in [0.25, 0.3) is 0 Å². The average Bonchev–Trinajstić information content (AvgIpc) is 3.20. The number of nitrogens with one attached hydrogen (secondary N) is 2. The Morgan fingerprint density at radius 1 is 1.18 bits per heavy atom. The molecule has 2 N–H and O–H groups in total. The molecule has 2 fully saturated rings. The molecule has 28 heavy (non-hydrogen) atoms. The van der Waals surface area contributed by atoms with Gasteiger partial charge in [-0.25, -0.2) is 9.18 Å². The van der Waals surface area contributed by atoms with Crippen molar-refractivity contribution in [2.75, 3.05) is 13.1 Å². The van der Waals surface area contributed by atoms with Crippen molar-refractivity contribution < 1.29 is 14.0 Å². The first-order valence-electron chi connectivity index (χ1n) is 9.61. The number of likely N-dealkylation sites (tertiary alicyclic amines) is 1. The molecule has 3 amide bonds. The molecule has 1 aromatic heterocycles. The van der Waals surface area contributed by atoms with Crippen LogP contribution >= 0.6 is 11.3 Å². The molecule has 2 aliphatic heterocycles. The molecule has 0 aliphatic carbocycles. The van der Waals surface area contributed by atoms with Gasteiger partial charge < -0.3 is 5.32 Å². The van der Waals surface area contributed by atoms with Gasteiger partial charge in [-0.3, -0.25) is 15.0 Å². The second-order valence-electron chi connectivity index (χ2n) is 7.71. The molecule has 0 saturated carbocycles. The van der Waals surface area contributed by atoms with E-state index in [-0.39, 0.29) is 24.1 Å². The van der Waals surface area contributed by atoms with Crippen LogP contribution < -0.4 is 10.6 Å². The molecule has 2 aromatic rings. The van der Waals surface area contributed by atoms with Crippen LogP contribution in [-0.4, -0.2) is 35.5 Å². The monoisotopic (exact) mass is 401 g/mol. The lowest BCUT2D eigenvalue weighted by Gasteiger charge is -2.40. The number of halogens is 1. The standard InChI is InChI=1S/C21H24FN3O2S/c1-14-6-7-17(28-14)13-25-10-8-16(9-11-25)21(19(26)23-20(27)24-21)12-15-4-2-3-5-18(15)22/h2-7,16H,8-13H2,1H3,(H2,23,24,26,27). The van der Waals surface area contributed by atoms with Gasteiger partial charge >= 0.3 is 6.03 Å². The Labute approximate surface area is 167 Å². The summed E-state index contributed by atoms with van der Waals surface area (Å²) in [6, 6.07) is 10.3. The molecule has 1 aromatic carbocycles. The predicted octanol–water partition coefficient (Wildman–Crippen LogP) is 3.23. The Hall–Kier alpha value is -2.25. The molecule has 2 aliphatic rings. The Balaban J connectivity index is 1.50. The first-order chi connectivity index (χ1) is 13.5. The molecule has 1 atom stereocenters. The zero-order valence-electron chi connectivity index (χ0n) is 15.8. The zero-order valence-corrected chi connectivity index (χ0v) is 16.7. The van der Waals surface area contributed by atoms with E-state index in [2.05, 4.69) is 34.6 Å². The van der Waals surface area contributed by atoms with Gasteiger partial charge in [0.1, 0.15) is 11.4 Å². The SMILES string of the molecule is Cc1ccc(CN2CCC(C3(Cc4ccccc4F)NC(=O)NC3=O)CC2)s1. The largest absolute Gasteiger partial charge is 0.323 e. The minimum Gasteiger partial charge on any atom is -0.323 e. The van der Waals surface area contributed by atoms with Crippen molar-refractivity contribution in [1.29, 1.82) is 0 Å². The highest BCUT2D eigenvalue weighted by atomic mass is 32.1. The normalized spacial score (nSPS) is 23.6. The highest BCUT2D eigenvalue weighted by Gasteiger charge is 2.52. The van der Waals surface area contributed by atoms with Crippen LogP contribution in [0.5, 0.6) is 0 Å². The predicted molar refractivity (Wildman–Crippen MR) is 107 cm³/mol. The second kappa shape index (κ2) is 7.64. The quantitative estimate of drug-likeness (QED) is 0.757. The number of imide groups is 1. The number of hydrogen-bond donors (Lipinski definition) is 2. The number of piperidine rings is 1. The number of urea groups is 1. The van der Waals surface area contributed by atoms with E-state index in [1.165, 1.54) is 15.8 Å². The van der Waals surface area contributed by atoms with Gasteiger partial charge in [0.05, 0.1) is 0 Å². The van der Waals surface area contributed by atoms with Crippen molar-refractivity contribution >= 4 is 23.3 Å². The lowest BCUT2D eigenvalue weighted by atomic mass is 9.74. The highest BCUT2D eigenvalue weighted by Crippen LogP contribution is 2.35. The fourth-order valence-electron chi connectivity index (χ4n) is 4.38. The van der Waals surface area contributed by atoms with Gasteiger partial charge in [-0.1, -0.05) is 18.2 Å². The molecule has 0 radical (unpaired) electrons. The van der Waals surface area contributed by atoms with E-state index < -0.39 is 11.6 Å². The van der Waals surface area contributed by atoms with Gasteiger partial charge in [-0.05, 0) is 62.5 Å². The number of hydrogen-bond acceptors (Lipinski definition) is 4. The fraction of sp³-hybridized carbons (Fsp3) is 0.429. The summed E-state index contributed by atoms with van der Waals surface area (Å²) in [4.78, 5) is 29.7. The van der Waals surface area contributed by atoms with E-state index >= 15 is 0 Å². The lowest BCUT2D eigenvalue weighted by Crippen LogP contribution is -2.57. The summed E-state index contributed by atoms with van der Waals surface area (Å²) in [7, 11) is 0. The Kier molecular flexibility index (Phi) is 5.21. The molecule has 3 heterocycles. The van der Waals surface area contributed by atoms with Gasteiger partial charge in [0.2, 0.25) is 0 Å². The van der Waals surface area contributed by atoms with Crippen LogP contribution in [0.3, 0.4) is 0 Å². The van der Waals surface area contributed by atoms with E-state index in [0.717, 1.165) is 32.5 Å². The molecule has 148 valence electrons. The fourth-order valence-corrected chi connectivity index (χ4v) is 5.31. The summed E-state index contributed by atoms with van der Waals surface area (Å²) in [5, 5.41) is 5.22. The smallest absolute Gasteiger partial charge is 0.322 e. The number of rotatable bonds is 5. The third kappa shape index (κ3) is 3.69. The van der Waals surface area contributed by atoms with Crippen molar-refractivity contribution in [2.24, 2.45) is 5.92 Å². The van der Waals surface area contributed by atoms with E-state index in [9.17, 15) is 14.0 Å². The van der Waals surface area contributed by atoms with Crippen LogP contribution in [0, 0.1) is 18.7 Å². The number of thiophene rings is 1. The molecule has 5 nitrogen and oxygen atoms in total. The number of amides is 3. The van der Waals surface area contributed by atoms with Crippen LogP contribution in [0.15, 0.2) is 36.4 Å². The van der Waals surface area contributed by atoms with Gasteiger partial charge in [0, 0.05) is 22.7 Å². The van der Waals surface area contributed by atoms with Crippen LogP contribution in [-0.2, 0) is 17.8 Å². The van der Waals surface area contributed by atoms with Crippen molar-refractivity contribution in [1.82, 2.24) is 15.5 Å². The van der Waals surface area contributed by atoms with Gasteiger partial charge in [-0.15, -0.1) is 11.3 Å². The minimum atomic E-state index is -1.08. The van der Waals surface area contributed by atoms with Crippen LogP contribution in [0.1, 0.15) is 28.2 Å². The molecule has 2 saturated heterocycles. The average molecular weight is 402 g/mol. The number of carbonyl (C=O) groups is 2. The van der Waals surface area contributed by atoms with Crippen molar-refractivity contribution in [2.45, 2.75) is 38.3 Å². The highest BCUT2D eigenvalue weighted by molar-refractivity contribution is 7.11. The Morgan fingerprint density at radius 3 is 2.54 bits per heavy atom. The number of benzene rings is 1. The summed E-state index contributed by atoms with van der Waals surface area (Å²) >= 11 is 1.81. The minimum absolute atomic E-state index is 0.0279. The molecule has 7 heteroatoms. The lowest BCUT2D eigenvalue weighted by molar-refractivity contribution is -0.126. The van der Waals surface area contributed by atoms with Gasteiger partial charge in [0.25, 0.3) is 5.91 Å². The molecule has 0 spiro atoms. The number of nitrogens with zero attached hydrogens (tertiary/aromatic N) is 1. The molecule has 1 unspecified atom stereocenters. The summed E-state index contributed by atoms with van der Waals surface area (Å²) in [6.07, 6.45) is 1.74. The summed E-state index contributed by atoms with van der Waals surface area (Å²) in [6.45, 7) is 4.71.